The van der Waals surface area contributed by atoms with E-state index in [0.717, 1.165) is 47.6 Å². The number of nitrogens with two attached hydrogens (primary N) is 1. The van der Waals surface area contributed by atoms with Gasteiger partial charge < -0.3 is 9.47 Å². The minimum Gasteiger partial charge on any atom is -0.337 e. The number of amides is 1. The SMILES string of the molecule is CC.CC(CC(=O)N(Cc1nccn1C)C1=CC=C2CCCCC2=CC1)c1ccccc1.NSc1ccc(F)cc1. The second kappa shape index (κ2) is 16.7. The van der Waals surface area contributed by atoms with Crippen LogP contribution in [0.1, 0.15) is 76.6 Å². The van der Waals surface area contributed by atoms with E-state index in [1.807, 2.05) is 54.8 Å². The van der Waals surface area contributed by atoms with E-state index in [1.54, 1.807) is 18.3 Å². The highest BCUT2D eigenvalue weighted by atomic mass is 32.2. The van der Waals surface area contributed by atoms with Crippen LogP contribution in [0.3, 0.4) is 0 Å². The number of aryl methyl sites for hydroxylation is 1. The lowest BCUT2D eigenvalue weighted by atomic mass is 9.89. The number of hydrogen-bond donors (Lipinski definition) is 1. The highest BCUT2D eigenvalue weighted by Crippen LogP contribution is 2.33. The van der Waals surface area contributed by atoms with Crippen molar-refractivity contribution in [3.05, 3.63) is 119 Å². The Bertz CT molecular complexity index is 1330. The molecule has 3 aromatic rings. The Morgan fingerprint density at radius 2 is 1.73 bits per heavy atom. The van der Waals surface area contributed by atoms with Crippen LogP contribution in [-0.2, 0) is 18.4 Å². The molecule has 1 aromatic heterocycles. The first-order valence-electron chi connectivity index (χ1n) is 14.5. The fourth-order valence-electron chi connectivity index (χ4n) is 4.89. The second-order valence-corrected chi connectivity index (χ2v) is 10.7. The summed E-state index contributed by atoms with van der Waals surface area (Å²) in [7, 11) is 1.98. The molecule has 2 aromatic carbocycles. The number of carbonyl (C=O) groups excluding carboxylic acids is 1. The minimum atomic E-state index is -0.229. The van der Waals surface area contributed by atoms with Gasteiger partial charge in [0.15, 0.2) is 0 Å². The topological polar surface area (TPSA) is 64.2 Å². The first kappa shape index (κ1) is 32.1. The highest BCUT2D eigenvalue weighted by molar-refractivity contribution is 7.97. The molecule has 7 heteroatoms. The van der Waals surface area contributed by atoms with Gasteiger partial charge in [0.25, 0.3) is 0 Å². The predicted octanol–water partition coefficient (Wildman–Crippen LogP) is 8.47. The quantitative estimate of drug-likeness (QED) is 0.288. The van der Waals surface area contributed by atoms with Crippen LogP contribution in [0.15, 0.2) is 107 Å². The third-order valence-corrected chi connectivity index (χ3v) is 7.80. The Balaban J connectivity index is 0.000000355. The summed E-state index contributed by atoms with van der Waals surface area (Å²) in [5, 5.41) is 5.19. The molecule has 1 unspecified atom stereocenters. The van der Waals surface area contributed by atoms with Crippen molar-refractivity contribution in [1.82, 2.24) is 14.5 Å². The average Bonchev–Trinajstić information content (AvgIpc) is 3.30. The van der Waals surface area contributed by atoms with Crippen molar-refractivity contribution < 1.29 is 9.18 Å². The van der Waals surface area contributed by atoms with Gasteiger partial charge in [0.1, 0.15) is 11.6 Å². The maximum Gasteiger partial charge on any atom is 0.227 e. The van der Waals surface area contributed by atoms with Crippen LogP contribution in [0.2, 0.25) is 0 Å². The van der Waals surface area contributed by atoms with Gasteiger partial charge in [-0.15, -0.1) is 0 Å². The third-order valence-electron chi connectivity index (χ3n) is 7.26. The van der Waals surface area contributed by atoms with Crippen LogP contribution < -0.4 is 5.14 Å². The lowest BCUT2D eigenvalue weighted by Gasteiger charge is -2.26. The van der Waals surface area contributed by atoms with Crippen molar-refractivity contribution in [2.45, 2.75) is 76.7 Å². The fraction of sp³-hybridized carbons (Fsp3) is 0.353. The summed E-state index contributed by atoms with van der Waals surface area (Å²) < 4.78 is 14.2. The van der Waals surface area contributed by atoms with Gasteiger partial charge in [0.2, 0.25) is 5.91 Å². The van der Waals surface area contributed by atoms with E-state index >= 15 is 0 Å². The van der Waals surface area contributed by atoms with Gasteiger partial charge >= 0.3 is 0 Å². The molecule has 41 heavy (non-hydrogen) atoms. The lowest BCUT2D eigenvalue weighted by molar-refractivity contribution is -0.130. The summed E-state index contributed by atoms with van der Waals surface area (Å²) in [6.45, 7) is 6.63. The standard InChI is InChI=1S/C26H31N3O.C6H6FNS.C2H6/c1-20(21-8-4-3-5-9-21)18-26(30)29(19-25-27-16-17-28(25)2)24-14-12-22-10-6-7-11-23(22)13-15-24;7-5-1-3-6(9-8)4-2-5;1-2/h3-5,8-9,12-14,16-17,20H,6-7,10-11,15,18-19H2,1-2H3;1-4H,8H2;1-2H3. The number of rotatable bonds is 7. The van der Waals surface area contributed by atoms with Crippen molar-refractivity contribution in [3.8, 4) is 0 Å². The van der Waals surface area contributed by atoms with E-state index in [2.05, 4.69) is 42.3 Å². The number of nitrogens with zero attached hydrogens (tertiary/aromatic N) is 3. The summed E-state index contributed by atoms with van der Waals surface area (Å²) in [6, 6.07) is 16.3. The summed E-state index contributed by atoms with van der Waals surface area (Å²) in [5.74, 6) is 1.00. The predicted molar refractivity (Wildman–Crippen MR) is 168 cm³/mol. The molecule has 1 saturated carbocycles. The largest absolute Gasteiger partial charge is 0.337 e. The Hall–Kier alpha value is -3.42. The fourth-order valence-corrected chi connectivity index (χ4v) is 5.19. The zero-order valence-electron chi connectivity index (χ0n) is 24.7. The molecule has 5 rings (SSSR count). The molecule has 0 aliphatic heterocycles. The molecule has 0 spiro atoms. The molecule has 0 radical (unpaired) electrons. The molecular formula is C34H43FN4OS. The molecule has 1 amide bonds. The number of imidazole rings is 1. The van der Waals surface area contributed by atoms with Crippen LogP contribution in [0.25, 0.3) is 0 Å². The number of carbonyl (C=O) groups is 1. The monoisotopic (exact) mass is 574 g/mol. The van der Waals surface area contributed by atoms with E-state index in [9.17, 15) is 9.18 Å². The highest BCUT2D eigenvalue weighted by Gasteiger charge is 2.23. The first-order valence-corrected chi connectivity index (χ1v) is 15.4. The number of aromatic nitrogens is 2. The number of allylic oxidation sites excluding steroid dienone is 5. The summed E-state index contributed by atoms with van der Waals surface area (Å²) in [5.41, 5.74) is 5.18. The van der Waals surface area contributed by atoms with Crippen molar-refractivity contribution >= 4 is 17.9 Å². The van der Waals surface area contributed by atoms with Crippen molar-refractivity contribution in [2.75, 3.05) is 0 Å². The van der Waals surface area contributed by atoms with Gasteiger partial charge in [-0.3, -0.25) is 9.93 Å². The van der Waals surface area contributed by atoms with Gasteiger partial charge in [0, 0.05) is 42.9 Å². The maximum atomic E-state index is 13.5. The molecule has 218 valence electrons. The molecule has 5 nitrogen and oxygen atoms in total. The summed E-state index contributed by atoms with van der Waals surface area (Å²) >= 11 is 1.11. The van der Waals surface area contributed by atoms with Crippen LogP contribution in [0.4, 0.5) is 4.39 Å². The van der Waals surface area contributed by atoms with Crippen molar-refractivity contribution in [1.29, 1.82) is 0 Å². The Labute approximate surface area is 249 Å². The lowest BCUT2D eigenvalue weighted by Crippen LogP contribution is -2.31. The van der Waals surface area contributed by atoms with Crippen LogP contribution in [0.5, 0.6) is 0 Å². The van der Waals surface area contributed by atoms with E-state index < -0.39 is 0 Å². The Morgan fingerprint density at radius 1 is 1.05 bits per heavy atom. The van der Waals surface area contributed by atoms with Gasteiger partial charge in [-0.05, 0) is 90.6 Å². The number of benzene rings is 2. The average molecular weight is 575 g/mol. The molecule has 1 atom stereocenters. The molecule has 2 aliphatic carbocycles. The molecule has 1 fully saturated rings. The van der Waals surface area contributed by atoms with Crippen molar-refractivity contribution in [3.63, 3.8) is 0 Å². The molecule has 2 N–H and O–H groups in total. The van der Waals surface area contributed by atoms with Gasteiger partial charge in [-0.1, -0.05) is 63.3 Å². The van der Waals surface area contributed by atoms with E-state index in [0.29, 0.717) is 13.0 Å². The zero-order chi connectivity index (χ0) is 29.6. The molecule has 2 aliphatic rings. The molecule has 0 bridgehead atoms. The smallest absolute Gasteiger partial charge is 0.227 e. The third kappa shape index (κ3) is 9.58. The van der Waals surface area contributed by atoms with E-state index in [-0.39, 0.29) is 17.6 Å². The number of hydrogen-bond acceptors (Lipinski definition) is 4. The maximum absolute atomic E-state index is 13.5. The molecule has 1 heterocycles. The van der Waals surface area contributed by atoms with Crippen LogP contribution >= 0.6 is 11.9 Å². The van der Waals surface area contributed by atoms with Gasteiger partial charge in [-0.2, -0.15) is 0 Å². The van der Waals surface area contributed by atoms with E-state index in [4.69, 9.17) is 5.14 Å². The zero-order valence-corrected chi connectivity index (χ0v) is 25.5. The van der Waals surface area contributed by atoms with Gasteiger partial charge in [-0.25, -0.2) is 9.37 Å². The van der Waals surface area contributed by atoms with Crippen LogP contribution in [0, 0.1) is 5.82 Å². The van der Waals surface area contributed by atoms with Gasteiger partial charge in [0.05, 0.1) is 6.54 Å². The minimum absolute atomic E-state index is 0.155. The molecular weight excluding hydrogens is 531 g/mol. The first-order chi connectivity index (χ1) is 19.9. The van der Waals surface area contributed by atoms with E-state index in [1.165, 1.54) is 41.7 Å². The van der Waals surface area contributed by atoms with Crippen molar-refractivity contribution in [2.24, 2.45) is 12.2 Å². The number of fused-ring (bicyclic) bond motifs is 1. The Kier molecular flexibility index (Phi) is 13.1. The number of halogens is 1. The normalized spacial score (nSPS) is 14.8. The second-order valence-electron chi connectivity index (χ2n) is 10.0. The Morgan fingerprint density at radius 3 is 2.37 bits per heavy atom. The summed E-state index contributed by atoms with van der Waals surface area (Å²) in [4.78, 5) is 20.8. The summed E-state index contributed by atoms with van der Waals surface area (Å²) in [6.07, 6.45) is 16.6. The van der Waals surface area contributed by atoms with Crippen LogP contribution in [-0.4, -0.2) is 20.4 Å². The molecule has 0 saturated heterocycles.